The number of ether oxygens (including phenoxy) is 1. The summed E-state index contributed by atoms with van der Waals surface area (Å²) >= 11 is 0. The molecule has 1 amide bonds. The number of likely N-dealkylation sites (N-methyl/N-ethyl adjacent to an activating group) is 1. The molecule has 0 radical (unpaired) electrons. The van der Waals surface area contributed by atoms with Gasteiger partial charge < -0.3 is 14.5 Å². The molecule has 1 saturated heterocycles. The van der Waals surface area contributed by atoms with Gasteiger partial charge in [0.2, 0.25) is 5.91 Å². The molecular weight excluding hydrogens is 336 g/mol. The number of rotatable bonds is 7. The Hall–Kier alpha value is -2.33. The fourth-order valence-corrected chi connectivity index (χ4v) is 3.60. The molecule has 144 valence electrons. The van der Waals surface area contributed by atoms with E-state index >= 15 is 0 Å². The van der Waals surface area contributed by atoms with Crippen molar-refractivity contribution in [3.63, 3.8) is 0 Å². The molecule has 0 spiro atoms. The maximum atomic E-state index is 12.8. The van der Waals surface area contributed by atoms with E-state index in [1.165, 1.54) is 11.1 Å². The Labute approximate surface area is 162 Å². The van der Waals surface area contributed by atoms with Gasteiger partial charge in [-0.05, 0) is 50.1 Å². The second-order valence-electron chi connectivity index (χ2n) is 7.40. The van der Waals surface area contributed by atoms with Crippen molar-refractivity contribution >= 4 is 5.91 Å². The summed E-state index contributed by atoms with van der Waals surface area (Å²) in [7, 11) is 2.13. The maximum Gasteiger partial charge on any atom is 0.223 e. The van der Waals surface area contributed by atoms with Crippen molar-refractivity contribution in [2.75, 3.05) is 33.3 Å². The van der Waals surface area contributed by atoms with E-state index in [-0.39, 0.29) is 11.9 Å². The number of nitrogens with zero attached hydrogens (tertiary/aromatic N) is 2. The summed E-state index contributed by atoms with van der Waals surface area (Å²) in [5.41, 5.74) is 2.42. The highest BCUT2D eigenvalue weighted by atomic mass is 16.5. The van der Waals surface area contributed by atoms with Crippen molar-refractivity contribution in [2.24, 2.45) is 0 Å². The Kier molecular flexibility index (Phi) is 6.88. The molecule has 4 heteroatoms. The van der Waals surface area contributed by atoms with Gasteiger partial charge in [-0.1, -0.05) is 42.5 Å². The van der Waals surface area contributed by atoms with Gasteiger partial charge in [-0.2, -0.15) is 0 Å². The van der Waals surface area contributed by atoms with Gasteiger partial charge in [-0.3, -0.25) is 4.79 Å². The van der Waals surface area contributed by atoms with Crippen molar-refractivity contribution in [2.45, 2.75) is 32.2 Å². The summed E-state index contributed by atoms with van der Waals surface area (Å²) in [4.78, 5) is 17.2. The maximum absolute atomic E-state index is 12.8. The number of benzene rings is 2. The Morgan fingerprint density at radius 1 is 1.07 bits per heavy atom. The lowest BCUT2D eigenvalue weighted by molar-refractivity contribution is -0.136. The molecule has 4 nitrogen and oxygen atoms in total. The quantitative estimate of drug-likeness (QED) is 0.693. The van der Waals surface area contributed by atoms with E-state index in [1.807, 2.05) is 24.3 Å². The number of carbonyl (C=O) groups excluding carboxylic acids is 1. The van der Waals surface area contributed by atoms with Crippen LogP contribution in [0.5, 0.6) is 5.75 Å². The molecule has 1 heterocycles. The first-order valence-corrected chi connectivity index (χ1v) is 9.86. The number of amides is 1. The monoisotopic (exact) mass is 366 g/mol. The van der Waals surface area contributed by atoms with E-state index in [0.717, 1.165) is 38.2 Å². The molecule has 1 unspecified atom stereocenters. The summed E-state index contributed by atoms with van der Waals surface area (Å²) in [6, 6.07) is 18.6. The smallest absolute Gasteiger partial charge is 0.223 e. The first-order chi connectivity index (χ1) is 13.1. The van der Waals surface area contributed by atoms with Crippen LogP contribution >= 0.6 is 0 Å². The first-order valence-electron chi connectivity index (χ1n) is 9.86. The lowest BCUT2D eigenvalue weighted by Gasteiger charge is -2.40. The van der Waals surface area contributed by atoms with Crippen LogP contribution in [0.4, 0.5) is 0 Å². The Bertz CT molecular complexity index is 732. The molecule has 0 saturated carbocycles. The van der Waals surface area contributed by atoms with Crippen LogP contribution in [0.2, 0.25) is 0 Å². The third-order valence-electron chi connectivity index (χ3n) is 5.13. The highest BCUT2D eigenvalue weighted by Crippen LogP contribution is 2.25. The van der Waals surface area contributed by atoms with E-state index in [9.17, 15) is 4.79 Å². The summed E-state index contributed by atoms with van der Waals surface area (Å²) in [5, 5.41) is 0. The molecule has 2 aromatic carbocycles. The molecule has 1 atom stereocenters. The van der Waals surface area contributed by atoms with Crippen LogP contribution in [0, 0.1) is 6.92 Å². The van der Waals surface area contributed by atoms with Crippen LogP contribution in [0.3, 0.4) is 0 Å². The lowest BCUT2D eigenvalue weighted by atomic mass is 10.0. The number of hydrogen-bond donors (Lipinski definition) is 0. The molecule has 1 aliphatic rings. The third kappa shape index (κ3) is 5.57. The van der Waals surface area contributed by atoms with Crippen LogP contribution in [-0.4, -0.2) is 49.0 Å². The number of piperazine rings is 1. The van der Waals surface area contributed by atoms with Crippen LogP contribution < -0.4 is 4.74 Å². The van der Waals surface area contributed by atoms with Crippen LogP contribution in [0.25, 0.3) is 0 Å². The van der Waals surface area contributed by atoms with E-state index in [4.69, 9.17) is 4.74 Å². The van der Waals surface area contributed by atoms with Gasteiger partial charge in [-0.25, -0.2) is 0 Å². The molecule has 1 aliphatic heterocycles. The third-order valence-corrected chi connectivity index (χ3v) is 5.13. The number of hydrogen-bond acceptors (Lipinski definition) is 3. The standard InChI is InChI=1S/C23H30N2O2/c1-19-9-8-12-21(17-19)27-16-7-6-13-23(26)25-15-14-24(2)18-22(25)20-10-4-3-5-11-20/h3-5,8-12,17,22H,6-7,13-16,18H2,1-2H3. The zero-order valence-electron chi connectivity index (χ0n) is 16.4. The molecular formula is C23H30N2O2. The Morgan fingerprint density at radius 3 is 2.67 bits per heavy atom. The second kappa shape index (κ2) is 9.56. The molecule has 0 aromatic heterocycles. The van der Waals surface area contributed by atoms with Gasteiger partial charge in [-0.15, -0.1) is 0 Å². The van der Waals surface area contributed by atoms with Gasteiger partial charge in [0.1, 0.15) is 5.75 Å². The average Bonchev–Trinajstić information content (AvgIpc) is 2.68. The normalized spacial score (nSPS) is 17.7. The summed E-state index contributed by atoms with van der Waals surface area (Å²) in [6.07, 6.45) is 2.34. The molecule has 0 bridgehead atoms. The van der Waals surface area contributed by atoms with Gasteiger partial charge in [0.25, 0.3) is 0 Å². The van der Waals surface area contributed by atoms with Gasteiger partial charge >= 0.3 is 0 Å². The highest BCUT2D eigenvalue weighted by molar-refractivity contribution is 5.76. The summed E-state index contributed by atoms with van der Waals surface area (Å²) in [5.74, 6) is 1.16. The van der Waals surface area contributed by atoms with E-state index < -0.39 is 0 Å². The minimum atomic E-state index is 0.154. The van der Waals surface area contributed by atoms with Crippen molar-refractivity contribution < 1.29 is 9.53 Å². The minimum absolute atomic E-state index is 0.154. The highest BCUT2D eigenvalue weighted by Gasteiger charge is 2.29. The van der Waals surface area contributed by atoms with E-state index in [2.05, 4.69) is 54.1 Å². The first kappa shape index (κ1) is 19.4. The van der Waals surface area contributed by atoms with Crippen molar-refractivity contribution in [3.05, 3.63) is 65.7 Å². The van der Waals surface area contributed by atoms with E-state index in [0.29, 0.717) is 13.0 Å². The number of unbranched alkanes of at least 4 members (excludes halogenated alkanes) is 1. The molecule has 3 rings (SSSR count). The molecule has 2 aromatic rings. The SMILES string of the molecule is Cc1cccc(OCCCCC(=O)N2CCN(C)CC2c2ccccc2)c1. The van der Waals surface area contributed by atoms with Crippen molar-refractivity contribution in [3.8, 4) is 5.75 Å². The van der Waals surface area contributed by atoms with Crippen LogP contribution in [0.1, 0.15) is 36.4 Å². The van der Waals surface area contributed by atoms with Crippen LogP contribution in [-0.2, 0) is 4.79 Å². The lowest BCUT2D eigenvalue weighted by Crippen LogP contribution is -2.49. The molecule has 0 aliphatic carbocycles. The number of carbonyl (C=O) groups is 1. The Balaban J connectivity index is 1.47. The molecule has 1 fully saturated rings. The van der Waals surface area contributed by atoms with Crippen molar-refractivity contribution in [1.29, 1.82) is 0 Å². The summed E-state index contributed by atoms with van der Waals surface area (Å²) in [6.45, 7) is 5.35. The van der Waals surface area contributed by atoms with Crippen LogP contribution in [0.15, 0.2) is 54.6 Å². The molecule has 27 heavy (non-hydrogen) atoms. The van der Waals surface area contributed by atoms with Crippen molar-refractivity contribution in [1.82, 2.24) is 9.80 Å². The fraction of sp³-hybridized carbons (Fsp3) is 0.435. The molecule has 0 N–H and O–H groups in total. The van der Waals surface area contributed by atoms with Gasteiger partial charge in [0.15, 0.2) is 0 Å². The largest absolute Gasteiger partial charge is 0.494 e. The fourth-order valence-electron chi connectivity index (χ4n) is 3.60. The van der Waals surface area contributed by atoms with Gasteiger partial charge in [0.05, 0.1) is 12.6 Å². The van der Waals surface area contributed by atoms with E-state index in [1.54, 1.807) is 0 Å². The topological polar surface area (TPSA) is 32.8 Å². The number of aryl methyl sites for hydroxylation is 1. The average molecular weight is 367 g/mol. The second-order valence-corrected chi connectivity index (χ2v) is 7.40. The predicted molar refractivity (Wildman–Crippen MR) is 109 cm³/mol. The van der Waals surface area contributed by atoms with Gasteiger partial charge in [0, 0.05) is 26.1 Å². The minimum Gasteiger partial charge on any atom is -0.494 e. The summed E-state index contributed by atoms with van der Waals surface area (Å²) < 4.78 is 5.79. The zero-order chi connectivity index (χ0) is 19.1. The zero-order valence-corrected chi connectivity index (χ0v) is 16.4. The predicted octanol–water partition coefficient (Wildman–Crippen LogP) is 4.06. The Morgan fingerprint density at radius 2 is 1.89 bits per heavy atom.